The molecule has 0 fully saturated rings. The summed E-state index contributed by atoms with van der Waals surface area (Å²) in [5, 5.41) is 0. The van der Waals surface area contributed by atoms with Crippen molar-refractivity contribution in [3.05, 3.63) is 23.8 Å². The third-order valence-corrected chi connectivity index (χ3v) is 1.50. The topological polar surface area (TPSA) is 34.1 Å². The molecule has 2 heteroatoms. The molecule has 0 spiro atoms. The number of aldehydes is 2. The molecule has 0 N–H and O–H groups in total. The second-order valence-corrected chi connectivity index (χ2v) is 2.15. The molecule has 1 unspecified atom stereocenters. The van der Waals surface area contributed by atoms with Gasteiger partial charge in [-0.3, -0.25) is 4.79 Å². The van der Waals surface area contributed by atoms with E-state index in [-0.39, 0.29) is 5.92 Å². The Bertz CT molecular complexity index is 201. The average Bonchev–Trinajstić information content (AvgIpc) is 2.04. The maximum Gasteiger partial charge on any atom is 0.146 e. The Morgan fingerprint density at radius 2 is 2.30 bits per heavy atom. The minimum absolute atomic E-state index is 0.300. The second-order valence-electron chi connectivity index (χ2n) is 2.15. The number of allylic oxidation sites excluding steroid dienone is 4. The monoisotopic (exact) mass is 136 g/mol. The predicted octanol–water partition coefficient (Wildman–Crippen LogP) is 0.887. The zero-order chi connectivity index (χ0) is 7.40. The first-order chi connectivity index (χ1) is 4.88. The normalized spacial score (nSPS) is 23.6. The van der Waals surface area contributed by atoms with Crippen LogP contribution in [0.5, 0.6) is 0 Å². The fourth-order valence-electron chi connectivity index (χ4n) is 0.927. The molecule has 52 valence electrons. The van der Waals surface area contributed by atoms with Crippen molar-refractivity contribution in [1.82, 2.24) is 0 Å². The molecule has 1 aliphatic rings. The van der Waals surface area contributed by atoms with Crippen LogP contribution in [0.25, 0.3) is 0 Å². The van der Waals surface area contributed by atoms with Gasteiger partial charge in [0.1, 0.15) is 12.6 Å². The molecule has 0 heterocycles. The average molecular weight is 136 g/mol. The first-order valence-corrected chi connectivity index (χ1v) is 3.15. The molecule has 10 heavy (non-hydrogen) atoms. The van der Waals surface area contributed by atoms with Gasteiger partial charge in [-0.25, -0.2) is 0 Å². The van der Waals surface area contributed by atoms with Crippen LogP contribution in [0.15, 0.2) is 23.8 Å². The van der Waals surface area contributed by atoms with Crippen LogP contribution in [-0.4, -0.2) is 12.6 Å². The molecular weight excluding hydrogens is 128 g/mol. The molecule has 0 aromatic rings. The second kappa shape index (κ2) is 3.11. The van der Waals surface area contributed by atoms with Crippen molar-refractivity contribution in [2.45, 2.75) is 6.42 Å². The van der Waals surface area contributed by atoms with Crippen LogP contribution in [0.1, 0.15) is 6.42 Å². The standard InChI is InChI=1S/C8H8O2/c9-5-7-3-1-2-4-8(7)6-10/h1,3-7H,2H2. The van der Waals surface area contributed by atoms with Crippen molar-refractivity contribution >= 4 is 12.6 Å². The Kier molecular flexibility index (Phi) is 2.15. The third kappa shape index (κ3) is 1.21. The first kappa shape index (κ1) is 6.93. The van der Waals surface area contributed by atoms with Crippen LogP contribution < -0.4 is 0 Å². The molecule has 1 atom stereocenters. The number of hydrogen-bond acceptors (Lipinski definition) is 2. The summed E-state index contributed by atoms with van der Waals surface area (Å²) in [7, 11) is 0. The fourth-order valence-corrected chi connectivity index (χ4v) is 0.927. The zero-order valence-electron chi connectivity index (χ0n) is 5.49. The summed E-state index contributed by atoms with van der Waals surface area (Å²) in [6.45, 7) is 0. The molecule has 0 aromatic carbocycles. The number of carbonyl (C=O) groups excluding carboxylic acids is 2. The van der Waals surface area contributed by atoms with E-state index in [1.807, 2.05) is 6.08 Å². The van der Waals surface area contributed by atoms with Gasteiger partial charge >= 0.3 is 0 Å². The summed E-state index contributed by atoms with van der Waals surface area (Å²) in [6.07, 6.45) is 7.67. The van der Waals surface area contributed by atoms with Crippen molar-refractivity contribution in [3.63, 3.8) is 0 Å². The minimum Gasteiger partial charge on any atom is -0.302 e. The van der Waals surface area contributed by atoms with Gasteiger partial charge in [0.2, 0.25) is 0 Å². The highest BCUT2D eigenvalue weighted by Gasteiger charge is 2.10. The van der Waals surface area contributed by atoms with Crippen molar-refractivity contribution < 1.29 is 9.59 Å². The van der Waals surface area contributed by atoms with Crippen LogP contribution in [0.4, 0.5) is 0 Å². The maximum absolute atomic E-state index is 10.3. The van der Waals surface area contributed by atoms with Gasteiger partial charge < -0.3 is 4.79 Å². The van der Waals surface area contributed by atoms with Crippen LogP contribution in [0.3, 0.4) is 0 Å². The van der Waals surface area contributed by atoms with Gasteiger partial charge in [0.25, 0.3) is 0 Å². The smallest absolute Gasteiger partial charge is 0.146 e. The van der Waals surface area contributed by atoms with Gasteiger partial charge in [0.05, 0.1) is 5.92 Å². The van der Waals surface area contributed by atoms with E-state index in [4.69, 9.17) is 0 Å². The van der Waals surface area contributed by atoms with Crippen molar-refractivity contribution in [2.24, 2.45) is 5.92 Å². The zero-order valence-corrected chi connectivity index (χ0v) is 5.49. The maximum atomic E-state index is 10.3. The number of carbonyl (C=O) groups is 2. The van der Waals surface area contributed by atoms with E-state index in [9.17, 15) is 9.59 Å². The number of rotatable bonds is 2. The Morgan fingerprint density at radius 3 is 2.80 bits per heavy atom. The summed E-state index contributed by atoms with van der Waals surface area (Å²) in [5.74, 6) is -0.300. The summed E-state index contributed by atoms with van der Waals surface area (Å²) < 4.78 is 0. The first-order valence-electron chi connectivity index (χ1n) is 3.15. The highest BCUT2D eigenvalue weighted by atomic mass is 16.1. The van der Waals surface area contributed by atoms with Gasteiger partial charge in [0, 0.05) is 5.57 Å². The van der Waals surface area contributed by atoms with Crippen LogP contribution in [0.2, 0.25) is 0 Å². The van der Waals surface area contributed by atoms with E-state index < -0.39 is 0 Å². The quantitative estimate of drug-likeness (QED) is 0.417. The Hall–Kier alpha value is -1.18. The lowest BCUT2D eigenvalue weighted by Gasteiger charge is -2.07. The van der Waals surface area contributed by atoms with Crippen molar-refractivity contribution in [1.29, 1.82) is 0 Å². The van der Waals surface area contributed by atoms with Gasteiger partial charge in [-0.1, -0.05) is 18.2 Å². The van der Waals surface area contributed by atoms with Crippen LogP contribution >= 0.6 is 0 Å². The minimum atomic E-state index is -0.300. The molecule has 0 aromatic heterocycles. The molecule has 2 nitrogen and oxygen atoms in total. The van der Waals surface area contributed by atoms with E-state index in [0.29, 0.717) is 5.57 Å². The lowest BCUT2D eigenvalue weighted by Crippen LogP contribution is -2.06. The molecule has 1 rings (SSSR count). The molecular formula is C8H8O2. The Labute approximate surface area is 59.2 Å². The predicted molar refractivity (Wildman–Crippen MR) is 37.5 cm³/mol. The number of hydrogen-bond donors (Lipinski definition) is 0. The Morgan fingerprint density at radius 1 is 1.50 bits per heavy atom. The summed E-state index contributed by atoms with van der Waals surface area (Å²) in [4.78, 5) is 20.5. The van der Waals surface area contributed by atoms with Gasteiger partial charge in [0.15, 0.2) is 0 Å². The van der Waals surface area contributed by atoms with E-state index in [2.05, 4.69) is 0 Å². The summed E-state index contributed by atoms with van der Waals surface area (Å²) in [6, 6.07) is 0. The van der Waals surface area contributed by atoms with Crippen molar-refractivity contribution in [2.75, 3.05) is 0 Å². The third-order valence-electron chi connectivity index (χ3n) is 1.50. The van der Waals surface area contributed by atoms with Gasteiger partial charge in [-0.2, -0.15) is 0 Å². The van der Waals surface area contributed by atoms with E-state index >= 15 is 0 Å². The molecule has 0 saturated heterocycles. The van der Waals surface area contributed by atoms with E-state index in [0.717, 1.165) is 19.0 Å². The molecule has 0 saturated carbocycles. The van der Waals surface area contributed by atoms with Gasteiger partial charge in [-0.05, 0) is 6.42 Å². The molecule has 0 amide bonds. The highest BCUT2D eigenvalue weighted by Crippen LogP contribution is 2.13. The van der Waals surface area contributed by atoms with E-state index in [1.54, 1.807) is 12.2 Å². The summed E-state index contributed by atoms with van der Waals surface area (Å²) >= 11 is 0. The fraction of sp³-hybridized carbons (Fsp3) is 0.250. The van der Waals surface area contributed by atoms with E-state index in [1.165, 1.54) is 0 Å². The van der Waals surface area contributed by atoms with Gasteiger partial charge in [-0.15, -0.1) is 0 Å². The molecule has 0 aliphatic heterocycles. The van der Waals surface area contributed by atoms with Crippen molar-refractivity contribution in [3.8, 4) is 0 Å². The molecule has 0 radical (unpaired) electrons. The molecule has 0 bridgehead atoms. The lowest BCUT2D eigenvalue weighted by molar-refractivity contribution is -0.111. The SMILES string of the molecule is O=CC1=CCC=CC1C=O. The van der Waals surface area contributed by atoms with Crippen LogP contribution in [-0.2, 0) is 9.59 Å². The molecule has 1 aliphatic carbocycles. The lowest BCUT2D eigenvalue weighted by atomic mass is 9.96. The summed E-state index contributed by atoms with van der Waals surface area (Å²) in [5.41, 5.74) is 0.581. The largest absolute Gasteiger partial charge is 0.302 e. The highest BCUT2D eigenvalue weighted by molar-refractivity contribution is 5.82. The Balaban J connectivity index is 2.77. The van der Waals surface area contributed by atoms with Crippen LogP contribution in [0, 0.1) is 5.92 Å².